The lowest BCUT2D eigenvalue weighted by molar-refractivity contribution is -0.119. The topological polar surface area (TPSA) is 80.0 Å². The molecule has 3 rings (SSSR count). The zero-order chi connectivity index (χ0) is 21.2. The van der Waals surface area contributed by atoms with Crippen LogP contribution in [0.3, 0.4) is 0 Å². The lowest BCUT2D eigenvalue weighted by Crippen LogP contribution is -2.46. The molecule has 2 aromatic carbocycles. The third-order valence-electron chi connectivity index (χ3n) is 5.34. The van der Waals surface area contributed by atoms with Crippen molar-refractivity contribution in [3.05, 3.63) is 71.3 Å². The second-order valence-corrected chi connectivity index (χ2v) is 7.82. The van der Waals surface area contributed by atoms with Crippen LogP contribution in [0.1, 0.15) is 36.0 Å². The predicted octanol–water partition coefficient (Wildman–Crippen LogP) is 3.68. The highest BCUT2D eigenvalue weighted by molar-refractivity contribution is 14.0. The molecule has 1 aliphatic heterocycles. The molecule has 1 aliphatic rings. The first-order valence-corrected chi connectivity index (χ1v) is 10.6. The smallest absolute Gasteiger partial charge is 0.217 e. The molecule has 1 saturated heterocycles. The molecule has 6 nitrogen and oxygen atoms in total. The molecule has 7 heteroatoms. The molecule has 0 radical (unpaired) electrons. The summed E-state index contributed by atoms with van der Waals surface area (Å²) in [5, 5.41) is 3.46. The monoisotopic (exact) mass is 536 g/mol. The summed E-state index contributed by atoms with van der Waals surface area (Å²) < 4.78 is 5.86. The van der Waals surface area contributed by atoms with Gasteiger partial charge < -0.3 is 20.7 Å². The minimum absolute atomic E-state index is 0. The normalized spacial score (nSPS) is 16.5. The van der Waals surface area contributed by atoms with E-state index in [-0.39, 0.29) is 29.9 Å². The number of nitrogens with two attached hydrogens (primary N) is 1. The molecule has 1 fully saturated rings. The third-order valence-corrected chi connectivity index (χ3v) is 5.34. The number of nitrogens with one attached hydrogen (secondary N) is 1. The van der Waals surface area contributed by atoms with E-state index in [1.54, 1.807) is 7.05 Å². The Labute approximate surface area is 202 Å². The van der Waals surface area contributed by atoms with E-state index in [0.29, 0.717) is 32.1 Å². The molecule has 3 N–H and O–H groups in total. The van der Waals surface area contributed by atoms with Crippen LogP contribution in [0.4, 0.5) is 0 Å². The Balaban J connectivity index is 0.00000341. The van der Waals surface area contributed by atoms with Gasteiger partial charge in [-0.2, -0.15) is 0 Å². The number of primary amides is 1. The number of hydrogen-bond donors (Lipinski definition) is 2. The highest BCUT2D eigenvalue weighted by Crippen LogP contribution is 2.19. The van der Waals surface area contributed by atoms with Gasteiger partial charge in [0.2, 0.25) is 5.91 Å². The van der Waals surface area contributed by atoms with E-state index in [1.165, 1.54) is 11.1 Å². The number of amides is 1. The maximum absolute atomic E-state index is 11.3. The Hall–Kier alpha value is -2.13. The van der Waals surface area contributed by atoms with Crippen LogP contribution in [0.25, 0.3) is 0 Å². The summed E-state index contributed by atoms with van der Waals surface area (Å²) in [6.45, 7) is 3.64. The SMILES string of the molecule is CN=C(NCc1cccc(COCc2ccccc2)c1)N1CCCC(CC(N)=O)C1.I. The summed E-state index contributed by atoms with van der Waals surface area (Å²) in [6, 6.07) is 18.6. The molecule has 0 spiro atoms. The molecule has 31 heavy (non-hydrogen) atoms. The number of likely N-dealkylation sites (tertiary alicyclic amines) is 1. The summed E-state index contributed by atoms with van der Waals surface area (Å²) in [5.74, 6) is 0.950. The Morgan fingerprint density at radius 1 is 1.13 bits per heavy atom. The summed E-state index contributed by atoms with van der Waals surface area (Å²) in [5.41, 5.74) is 8.89. The minimum Gasteiger partial charge on any atom is -0.372 e. The van der Waals surface area contributed by atoms with Crippen molar-refractivity contribution in [3.8, 4) is 0 Å². The maximum Gasteiger partial charge on any atom is 0.217 e. The van der Waals surface area contributed by atoms with E-state index in [1.807, 2.05) is 18.2 Å². The van der Waals surface area contributed by atoms with E-state index in [0.717, 1.165) is 37.5 Å². The first-order chi connectivity index (χ1) is 14.6. The van der Waals surface area contributed by atoms with Crippen molar-refractivity contribution >= 4 is 35.8 Å². The highest BCUT2D eigenvalue weighted by Gasteiger charge is 2.23. The van der Waals surface area contributed by atoms with Crippen LogP contribution < -0.4 is 11.1 Å². The number of halogens is 1. The lowest BCUT2D eigenvalue weighted by Gasteiger charge is -2.34. The highest BCUT2D eigenvalue weighted by atomic mass is 127. The second-order valence-electron chi connectivity index (χ2n) is 7.82. The van der Waals surface area contributed by atoms with Crippen LogP contribution in [0, 0.1) is 5.92 Å². The zero-order valence-electron chi connectivity index (χ0n) is 18.1. The van der Waals surface area contributed by atoms with Crippen molar-refractivity contribution in [2.24, 2.45) is 16.6 Å². The van der Waals surface area contributed by atoms with Gasteiger partial charge in [-0.3, -0.25) is 9.79 Å². The number of piperidine rings is 1. The standard InChI is InChI=1S/C24H32N4O2.HI/c1-26-24(28-12-6-11-21(16-28)14-23(25)29)27-15-20-9-5-10-22(13-20)18-30-17-19-7-3-2-4-8-19;/h2-5,7-10,13,21H,6,11-12,14-18H2,1H3,(H2,25,29)(H,26,27);1H. The van der Waals surface area contributed by atoms with Gasteiger partial charge in [0.05, 0.1) is 13.2 Å². The number of ether oxygens (including phenoxy) is 1. The van der Waals surface area contributed by atoms with Gasteiger partial charge in [0, 0.05) is 33.1 Å². The summed E-state index contributed by atoms with van der Waals surface area (Å²) >= 11 is 0. The van der Waals surface area contributed by atoms with Crippen LogP contribution in [-0.4, -0.2) is 36.9 Å². The number of carbonyl (C=O) groups is 1. The maximum atomic E-state index is 11.3. The quantitative estimate of drug-likeness (QED) is 0.307. The Bertz CT molecular complexity index is 844. The van der Waals surface area contributed by atoms with Crippen LogP contribution in [0.5, 0.6) is 0 Å². The molecular formula is C24H33IN4O2. The molecule has 2 aromatic rings. The Kier molecular flexibility index (Phi) is 10.8. The Morgan fingerprint density at radius 3 is 2.58 bits per heavy atom. The van der Waals surface area contributed by atoms with Crippen LogP contribution >= 0.6 is 24.0 Å². The molecule has 1 amide bonds. The van der Waals surface area contributed by atoms with Gasteiger partial charge in [-0.05, 0) is 35.4 Å². The van der Waals surface area contributed by atoms with Gasteiger partial charge in [0.25, 0.3) is 0 Å². The number of rotatable bonds is 8. The van der Waals surface area contributed by atoms with Crippen LogP contribution in [-0.2, 0) is 29.3 Å². The average molecular weight is 536 g/mol. The first-order valence-electron chi connectivity index (χ1n) is 10.6. The van der Waals surface area contributed by atoms with E-state index >= 15 is 0 Å². The largest absolute Gasteiger partial charge is 0.372 e. The fourth-order valence-electron chi connectivity index (χ4n) is 3.91. The summed E-state index contributed by atoms with van der Waals surface area (Å²) in [7, 11) is 1.80. The summed E-state index contributed by atoms with van der Waals surface area (Å²) in [6.07, 6.45) is 2.53. The van der Waals surface area contributed by atoms with Crippen molar-refractivity contribution in [1.82, 2.24) is 10.2 Å². The van der Waals surface area contributed by atoms with E-state index < -0.39 is 0 Å². The van der Waals surface area contributed by atoms with Crippen molar-refractivity contribution in [1.29, 1.82) is 0 Å². The molecule has 0 bridgehead atoms. The van der Waals surface area contributed by atoms with Gasteiger partial charge in [-0.15, -0.1) is 24.0 Å². The number of guanidine groups is 1. The second kappa shape index (κ2) is 13.3. The minimum atomic E-state index is -0.226. The summed E-state index contributed by atoms with van der Waals surface area (Å²) in [4.78, 5) is 17.9. The van der Waals surface area contributed by atoms with Crippen LogP contribution in [0.15, 0.2) is 59.6 Å². The molecule has 1 heterocycles. The van der Waals surface area contributed by atoms with Gasteiger partial charge in [0.1, 0.15) is 0 Å². The van der Waals surface area contributed by atoms with Gasteiger partial charge >= 0.3 is 0 Å². The molecular weight excluding hydrogens is 503 g/mol. The molecule has 0 aliphatic carbocycles. The fourth-order valence-corrected chi connectivity index (χ4v) is 3.91. The van der Waals surface area contributed by atoms with Crippen molar-refractivity contribution in [2.45, 2.75) is 39.0 Å². The molecule has 0 aromatic heterocycles. The number of aliphatic imine (C=N–C) groups is 1. The van der Waals surface area contributed by atoms with E-state index in [2.05, 4.69) is 51.6 Å². The van der Waals surface area contributed by atoms with Crippen molar-refractivity contribution < 1.29 is 9.53 Å². The first kappa shape index (κ1) is 25.1. The number of carbonyl (C=O) groups excluding carboxylic acids is 1. The van der Waals surface area contributed by atoms with E-state index in [4.69, 9.17) is 10.5 Å². The Morgan fingerprint density at radius 2 is 1.84 bits per heavy atom. The third kappa shape index (κ3) is 8.49. The van der Waals surface area contributed by atoms with Crippen molar-refractivity contribution in [2.75, 3.05) is 20.1 Å². The lowest BCUT2D eigenvalue weighted by atomic mass is 9.95. The molecule has 0 saturated carbocycles. The van der Waals surface area contributed by atoms with Gasteiger partial charge in [-0.1, -0.05) is 54.6 Å². The molecule has 1 atom stereocenters. The predicted molar refractivity (Wildman–Crippen MR) is 135 cm³/mol. The number of benzene rings is 2. The zero-order valence-corrected chi connectivity index (χ0v) is 20.5. The van der Waals surface area contributed by atoms with Crippen LogP contribution in [0.2, 0.25) is 0 Å². The van der Waals surface area contributed by atoms with Crippen molar-refractivity contribution in [3.63, 3.8) is 0 Å². The van der Waals surface area contributed by atoms with Gasteiger partial charge in [-0.25, -0.2) is 0 Å². The fraction of sp³-hybridized carbons (Fsp3) is 0.417. The van der Waals surface area contributed by atoms with Gasteiger partial charge in [0.15, 0.2) is 5.96 Å². The molecule has 1 unspecified atom stereocenters. The molecule has 168 valence electrons. The number of hydrogen-bond acceptors (Lipinski definition) is 3. The number of nitrogens with zero attached hydrogens (tertiary/aromatic N) is 2. The average Bonchev–Trinajstić information content (AvgIpc) is 2.75. The van der Waals surface area contributed by atoms with E-state index in [9.17, 15) is 4.79 Å².